The molecule has 0 radical (unpaired) electrons. The summed E-state index contributed by atoms with van der Waals surface area (Å²) >= 11 is 13.3. The molecule has 0 aliphatic carbocycles. The summed E-state index contributed by atoms with van der Waals surface area (Å²) in [5.74, 6) is -0.718. The number of halogens is 2. The number of carboxylic acid groups (broad SMARTS) is 1. The van der Waals surface area contributed by atoms with Gasteiger partial charge in [0.2, 0.25) is 5.91 Å². The molecule has 1 heterocycles. The highest BCUT2D eigenvalue weighted by Gasteiger charge is 2.34. The van der Waals surface area contributed by atoms with Crippen LogP contribution < -0.4 is 10.1 Å². The average molecular weight is 378 g/mol. The van der Waals surface area contributed by atoms with Crippen molar-refractivity contribution < 1.29 is 19.4 Å². The molecular formula is C15H17Cl2NO4S. The summed E-state index contributed by atoms with van der Waals surface area (Å²) in [4.78, 5) is 23.3. The predicted molar refractivity (Wildman–Crippen MR) is 92.9 cm³/mol. The van der Waals surface area contributed by atoms with Gasteiger partial charge in [-0.25, -0.2) is 0 Å². The molecule has 0 saturated carbocycles. The Hall–Kier alpha value is -1.11. The zero-order chi connectivity index (χ0) is 17.1. The van der Waals surface area contributed by atoms with Gasteiger partial charge in [0, 0.05) is 6.07 Å². The summed E-state index contributed by atoms with van der Waals surface area (Å²) in [5.41, 5.74) is 0.399. The molecule has 0 bridgehead atoms. The predicted octanol–water partition coefficient (Wildman–Crippen LogP) is 4.07. The molecule has 2 rings (SSSR count). The maximum Gasteiger partial charge on any atom is 0.316 e. The third-order valence-corrected chi connectivity index (χ3v) is 5.38. The molecule has 0 unspecified atom stereocenters. The van der Waals surface area contributed by atoms with E-state index in [2.05, 4.69) is 5.32 Å². The fraction of sp³-hybridized carbons (Fsp3) is 0.467. The minimum Gasteiger partial charge on any atom is -0.489 e. The van der Waals surface area contributed by atoms with E-state index >= 15 is 0 Å². The molecule has 1 saturated heterocycles. The van der Waals surface area contributed by atoms with E-state index in [4.69, 9.17) is 33.0 Å². The van der Waals surface area contributed by atoms with Crippen molar-refractivity contribution in [3.05, 3.63) is 22.2 Å². The second-order valence-electron chi connectivity index (χ2n) is 5.45. The number of nitrogens with one attached hydrogen (secondary N) is 1. The maximum atomic E-state index is 12.3. The molecule has 8 heteroatoms. The van der Waals surface area contributed by atoms with E-state index in [-0.39, 0.29) is 12.0 Å². The standard InChI is InChI=1S/C15H17Cl2NO4S/c1-7(2)22-11-6-10(8(16)5-9(11)17)18-14(19)12-3-4-13(23-12)15(20)21/h5-7,12-13H,3-4H2,1-2H3,(H,18,19)(H,20,21)/t12-,13-/m0/s1. The van der Waals surface area contributed by atoms with Gasteiger partial charge in [0.25, 0.3) is 0 Å². The summed E-state index contributed by atoms with van der Waals surface area (Å²) in [6.07, 6.45) is 0.932. The van der Waals surface area contributed by atoms with Gasteiger partial charge < -0.3 is 15.2 Å². The van der Waals surface area contributed by atoms with Gasteiger partial charge in [-0.2, -0.15) is 0 Å². The second kappa shape index (κ2) is 7.64. The van der Waals surface area contributed by atoms with Crippen molar-refractivity contribution in [2.75, 3.05) is 5.32 Å². The molecule has 1 fully saturated rings. The SMILES string of the molecule is CC(C)Oc1cc(NC(=O)[C@@H]2CC[C@@H](C(=O)O)S2)c(Cl)cc1Cl. The van der Waals surface area contributed by atoms with Crippen LogP contribution in [0.5, 0.6) is 5.75 Å². The minimum atomic E-state index is -0.887. The number of carboxylic acids is 1. The molecular weight excluding hydrogens is 361 g/mol. The van der Waals surface area contributed by atoms with Gasteiger partial charge in [-0.3, -0.25) is 9.59 Å². The average Bonchev–Trinajstić information content (AvgIpc) is 2.93. The lowest BCUT2D eigenvalue weighted by Gasteiger charge is -2.16. The van der Waals surface area contributed by atoms with Gasteiger partial charge in [-0.05, 0) is 32.8 Å². The minimum absolute atomic E-state index is 0.0704. The second-order valence-corrected chi connectivity index (χ2v) is 7.67. The summed E-state index contributed by atoms with van der Waals surface area (Å²) in [5, 5.41) is 11.4. The Morgan fingerprint density at radius 3 is 2.48 bits per heavy atom. The fourth-order valence-electron chi connectivity index (χ4n) is 2.19. The van der Waals surface area contributed by atoms with Gasteiger partial charge in [0.15, 0.2) is 0 Å². The van der Waals surface area contributed by atoms with Crippen molar-refractivity contribution in [1.82, 2.24) is 0 Å². The Kier molecular flexibility index (Phi) is 6.06. The van der Waals surface area contributed by atoms with Gasteiger partial charge in [-0.15, -0.1) is 11.8 Å². The van der Waals surface area contributed by atoms with Crippen molar-refractivity contribution in [2.24, 2.45) is 0 Å². The van der Waals surface area contributed by atoms with Crippen molar-refractivity contribution in [2.45, 2.75) is 43.3 Å². The van der Waals surface area contributed by atoms with E-state index in [9.17, 15) is 9.59 Å². The van der Waals surface area contributed by atoms with Crippen LogP contribution in [0.3, 0.4) is 0 Å². The van der Waals surface area contributed by atoms with Crippen LogP contribution in [0.1, 0.15) is 26.7 Å². The molecule has 2 atom stereocenters. The number of hydrogen-bond acceptors (Lipinski definition) is 4. The molecule has 1 aliphatic heterocycles. The number of ether oxygens (including phenoxy) is 1. The molecule has 126 valence electrons. The summed E-state index contributed by atoms with van der Waals surface area (Å²) in [6, 6.07) is 3.09. The number of carbonyl (C=O) groups excluding carboxylic acids is 1. The van der Waals surface area contributed by atoms with Crippen LogP contribution in [0.4, 0.5) is 5.69 Å². The monoisotopic (exact) mass is 377 g/mol. The highest BCUT2D eigenvalue weighted by Crippen LogP contribution is 2.37. The summed E-state index contributed by atoms with van der Waals surface area (Å²) in [6.45, 7) is 3.73. The van der Waals surface area contributed by atoms with E-state index in [0.717, 1.165) is 11.8 Å². The molecule has 1 aliphatic rings. The summed E-state index contributed by atoms with van der Waals surface area (Å²) in [7, 11) is 0. The van der Waals surface area contributed by atoms with Gasteiger partial charge >= 0.3 is 5.97 Å². The first kappa shape index (κ1) is 18.2. The number of rotatable bonds is 5. The number of thioether (sulfide) groups is 1. The summed E-state index contributed by atoms with van der Waals surface area (Å²) < 4.78 is 5.57. The zero-order valence-electron chi connectivity index (χ0n) is 12.6. The van der Waals surface area contributed by atoms with E-state index in [0.29, 0.717) is 34.3 Å². The highest BCUT2D eigenvalue weighted by molar-refractivity contribution is 8.02. The maximum absolute atomic E-state index is 12.3. The van der Waals surface area contributed by atoms with Crippen molar-refractivity contribution >= 4 is 52.5 Å². The number of hydrogen-bond donors (Lipinski definition) is 2. The van der Waals surface area contributed by atoms with Crippen LogP contribution in [0.15, 0.2) is 12.1 Å². The van der Waals surface area contributed by atoms with Crippen LogP contribution in [0.2, 0.25) is 10.0 Å². The number of benzene rings is 1. The third-order valence-electron chi connectivity index (χ3n) is 3.23. The van der Waals surface area contributed by atoms with E-state index < -0.39 is 16.5 Å². The van der Waals surface area contributed by atoms with Gasteiger partial charge in [0.05, 0.1) is 27.1 Å². The molecule has 5 nitrogen and oxygen atoms in total. The van der Waals surface area contributed by atoms with Gasteiger partial charge in [-0.1, -0.05) is 23.2 Å². The van der Waals surface area contributed by atoms with Crippen LogP contribution in [0, 0.1) is 0 Å². The van der Waals surface area contributed by atoms with Crippen molar-refractivity contribution in [1.29, 1.82) is 0 Å². The highest BCUT2D eigenvalue weighted by atomic mass is 35.5. The molecule has 23 heavy (non-hydrogen) atoms. The number of carbonyl (C=O) groups is 2. The van der Waals surface area contributed by atoms with E-state index in [1.807, 2.05) is 13.8 Å². The van der Waals surface area contributed by atoms with Crippen molar-refractivity contribution in [3.63, 3.8) is 0 Å². The fourth-order valence-corrected chi connectivity index (χ4v) is 3.91. The van der Waals surface area contributed by atoms with Crippen LogP contribution >= 0.6 is 35.0 Å². The smallest absolute Gasteiger partial charge is 0.316 e. The van der Waals surface area contributed by atoms with Crippen LogP contribution in [-0.4, -0.2) is 33.6 Å². The Labute approximate surface area is 148 Å². The largest absolute Gasteiger partial charge is 0.489 e. The Morgan fingerprint density at radius 1 is 1.26 bits per heavy atom. The van der Waals surface area contributed by atoms with Gasteiger partial charge in [0.1, 0.15) is 11.0 Å². The zero-order valence-corrected chi connectivity index (χ0v) is 15.0. The third kappa shape index (κ3) is 4.68. The lowest BCUT2D eigenvalue weighted by atomic mass is 10.2. The molecule has 0 spiro atoms. The first-order chi connectivity index (χ1) is 10.8. The molecule has 0 aromatic heterocycles. The molecule has 2 N–H and O–H groups in total. The topological polar surface area (TPSA) is 75.6 Å². The number of anilines is 1. The molecule has 1 aromatic carbocycles. The van der Waals surface area contributed by atoms with E-state index in [1.54, 1.807) is 6.07 Å². The Bertz CT molecular complexity index is 624. The Balaban J connectivity index is 2.10. The Morgan fingerprint density at radius 2 is 1.91 bits per heavy atom. The first-order valence-corrected chi connectivity index (χ1v) is 8.82. The quantitative estimate of drug-likeness (QED) is 0.808. The van der Waals surface area contributed by atoms with Crippen molar-refractivity contribution in [3.8, 4) is 5.75 Å². The van der Waals surface area contributed by atoms with Crippen LogP contribution in [0.25, 0.3) is 0 Å². The normalized spacial score (nSPS) is 20.6. The molecule has 1 amide bonds. The number of amides is 1. The first-order valence-electron chi connectivity index (χ1n) is 7.12. The molecule has 1 aromatic rings. The lowest BCUT2D eigenvalue weighted by Crippen LogP contribution is -2.24. The van der Waals surface area contributed by atoms with E-state index in [1.165, 1.54) is 6.07 Å². The lowest BCUT2D eigenvalue weighted by molar-refractivity contribution is -0.136. The number of aliphatic carboxylic acids is 1. The van der Waals surface area contributed by atoms with Crippen LogP contribution in [-0.2, 0) is 9.59 Å².